The Balaban J connectivity index is 2.25. The molecule has 0 saturated carbocycles. The molecule has 0 heterocycles. The van der Waals surface area contributed by atoms with Gasteiger partial charge in [-0.1, -0.05) is 0 Å². The quantitative estimate of drug-likeness (QED) is 0.790. The molecular formula is C14H9BrFNO4. The molecule has 2 rings (SSSR count). The summed E-state index contributed by atoms with van der Waals surface area (Å²) in [4.78, 5) is 22.8. The third kappa shape index (κ3) is 3.38. The summed E-state index contributed by atoms with van der Waals surface area (Å²) in [5.41, 5.74) is 0.295. The van der Waals surface area contributed by atoms with Crippen LogP contribution in [-0.2, 0) is 0 Å². The van der Waals surface area contributed by atoms with Crippen LogP contribution in [0, 0.1) is 5.82 Å². The van der Waals surface area contributed by atoms with Gasteiger partial charge in [0.1, 0.15) is 11.6 Å². The molecule has 2 aromatic carbocycles. The number of hydrogen-bond donors (Lipinski definition) is 3. The number of phenolic OH excluding ortho intramolecular Hbond substituents is 1. The van der Waals surface area contributed by atoms with Crippen molar-refractivity contribution >= 4 is 33.5 Å². The fourth-order valence-electron chi connectivity index (χ4n) is 1.64. The van der Waals surface area contributed by atoms with E-state index in [0.717, 1.165) is 18.2 Å². The number of aromatic hydroxyl groups is 1. The molecule has 1 amide bonds. The number of carbonyl (C=O) groups is 2. The molecule has 0 atom stereocenters. The topological polar surface area (TPSA) is 86.6 Å². The van der Waals surface area contributed by atoms with E-state index in [1.165, 1.54) is 18.2 Å². The average molecular weight is 354 g/mol. The average Bonchev–Trinajstić information content (AvgIpc) is 2.40. The van der Waals surface area contributed by atoms with Crippen LogP contribution < -0.4 is 5.32 Å². The Labute approximate surface area is 127 Å². The summed E-state index contributed by atoms with van der Waals surface area (Å²) in [7, 11) is 0. The number of carbonyl (C=O) groups excluding carboxylic acids is 1. The Bertz CT molecular complexity index is 733. The number of carboxylic acid groups (broad SMARTS) is 1. The first-order valence-electron chi connectivity index (χ1n) is 5.71. The number of anilines is 1. The fourth-order valence-corrected chi connectivity index (χ4v) is 2.11. The van der Waals surface area contributed by atoms with E-state index in [4.69, 9.17) is 5.11 Å². The molecule has 2 aromatic rings. The molecule has 0 aromatic heterocycles. The van der Waals surface area contributed by atoms with E-state index in [1.54, 1.807) is 0 Å². The molecule has 0 saturated heterocycles. The van der Waals surface area contributed by atoms with Crippen LogP contribution in [0.2, 0.25) is 0 Å². The van der Waals surface area contributed by atoms with E-state index < -0.39 is 23.4 Å². The zero-order valence-corrected chi connectivity index (χ0v) is 12.0. The lowest BCUT2D eigenvalue weighted by Gasteiger charge is -2.09. The van der Waals surface area contributed by atoms with Crippen LogP contribution in [0.5, 0.6) is 5.75 Å². The van der Waals surface area contributed by atoms with Crippen LogP contribution in [0.1, 0.15) is 20.7 Å². The standard InChI is InChI=1S/C14H9BrFNO4/c15-10-5-7(14(20)21)1-4-11(10)17-13(19)9-3-2-8(16)6-12(9)18/h1-6,18H,(H,17,19)(H,20,21). The van der Waals surface area contributed by atoms with E-state index in [9.17, 15) is 19.1 Å². The number of rotatable bonds is 3. The lowest BCUT2D eigenvalue weighted by atomic mass is 10.1. The maximum absolute atomic E-state index is 12.9. The first-order chi connectivity index (χ1) is 9.88. The van der Waals surface area contributed by atoms with Gasteiger partial charge in [0.15, 0.2) is 0 Å². The van der Waals surface area contributed by atoms with Gasteiger partial charge in [-0.3, -0.25) is 4.79 Å². The molecule has 0 aliphatic heterocycles. The molecule has 0 radical (unpaired) electrons. The van der Waals surface area contributed by atoms with Crippen LogP contribution in [-0.4, -0.2) is 22.1 Å². The highest BCUT2D eigenvalue weighted by Crippen LogP contribution is 2.26. The highest BCUT2D eigenvalue weighted by atomic mass is 79.9. The Hall–Kier alpha value is -2.41. The number of benzene rings is 2. The van der Waals surface area contributed by atoms with E-state index in [0.29, 0.717) is 10.2 Å². The van der Waals surface area contributed by atoms with Crippen LogP contribution in [0.25, 0.3) is 0 Å². The zero-order valence-electron chi connectivity index (χ0n) is 10.4. The monoisotopic (exact) mass is 353 g/mol. The van der Waals surface area contributed by atoms with Crippen LogP contribution in [0.3, 0.4) is 0 Å². The van der Waals surface area contributed by atoms with Crippen molar-refractivity contribution in [1.82, 2.24) is 0 Å². The molecule has 0 spiro atoms. The summed E-state index contributed by atoms with van der Waals surface area (Å²) >= 11 is 3.15. The molecule has 7 heteroatoms. The SMILES string of the molecule is O=C(O)c1ccc(NC(=O)c2ccc(F)cc2O)c(Br)c1. The second-order valence-electron chi connectivity index (χ2n) is 4.12. The summed E-state index contributed by atoms with van der Waals surface area (Å²) in [6.07, 6.45) is 0. The van der Waals surface area contributed by atoms with Gasteiger partial charge in [-0.15, -0.1) is 0 Å². The van der Waals surface area contributed by atoms with Crippen molar-refractivity contribution in [2.75, 3.05) is 5.32 Å². The van der Waals surface area contributed by atoms with Gasteiger partial charge in [0, 0.05) is 10.5 Å². The molecule has 0 aliphatic rings. The molecule has 0 unspecified atom stereocenters. The Morgan fingerprint density at radius 1 is 1.14 bits per heavy atom. The summed E-state index contributed by atoms with van der Waals surface area (Å²) < 4.78 is 13.2. The van der Waals surface area contributed by atoms with Crippen LogP contribution >= 0.6 is 15.9 Å². The number of phenols is 1. The van der Waals surface area contributed by atoms with Gasteiger partial charge in [0.05, 0.1) is 16.8 Å². The fraction of sp³-hybridized carbons (Fsp3) is 0. The Morgan fingerprint density at radius 3 is 2.43 bits per heavy atom. The van der Waals surface area contributed by atoms with E-state index in [-0.39, 0.29) is 11.1 Å². The molecule has 108 valence electrons. The number of hydrogen-bond acceptors (Lipinski definition) is 3. The summed E-state index contributed by atoms with van der Waals surface area (Å²) in [6.45, 7) is 0. The molecule has 21 heavy (non-hydrogen) atoms. The third-order valence-corrected chi connectivity index (χ3v) is 3.32. The van der Waals surface area contributed by atoms with Crippen molar-refractivity contribution in [3.05, 3.63) is 57.8 Å². The van der Waals surface area contributed by atoms with Crippen LogP contribution in [0.15, 0.2) is 40.9 Å². The minimum atomic E-state index is -1.09. The van der Waals surface area contributed by atoms with Crippen molar-refractivity contribution < 1.29 is 24.2 Å². The number of nitrogens with one attached hydrogen (secondary N) is 1. The van der Waals surface area contributed by atoms with Crippen molar-refractivity contribution in [1.29, 1.82) is 0 Å². The van der Waals surface area contributed by atoms with Crippen LogP contribution in [0.4, 0.5) is 10.1 Å². The first-order valence-corrected chi connectivity index (χ1v) is 6.50. The molecule has 0 bridgehead atoms. The maximum Gasteiger partial charge on any atom is 0.335 e. The van der Waals surface area contributed by atoms with Gasteiger partial charge in [0.25, 0.3) is 5.91 Å². The second kappa shape index (κ2) is 5.92. The predicted molar refractivity (Wildman–Crippen MR) is 77.1 cm³/mol. The minimum absolute atomic E-state index is 0.0597. The predicted octanol–water partition coefficient (Wildman–Crippen LogP) is 3.24. The summed E-state index contributed by atoms with van der Waals surface area (Å²) in [5, 5.41) is 20.9. The van der Waals surface area contributed by atoms with Crippen molar-refractivity contribution in [2.24, 2.45) is 0 Å². The van der Waals surface area contributed by atoms with Crippen molar-refractivity contribution in [3.63, 3.8) is 0 Å². The maximum atomic E-state index is 12.9. The summed E-state index contributed by atoms with van der Waals surface area (Å²) in [6, 6.07) is 7.11. The van der Waals surface area contributed by atoms with Gasteiger partial charge in [0.2, 0.25) is 0 Å². The lowest BCUT2D eigenvalue weighted by molar-refractivity contribution is 0.0696. The third-order valence-electron chi connectivity index (χ3n) is 2.67. The lowest BCUT2D eigenvalue weighted by Crippen LogP contribution is -2.13. The van der Waals surface area contributed by atoms with Gasteiger partial charge >= 0.3 is 5.97 Å². The van der Waals surface area contributed by atoms with Gasteiger partial charge in [-0.2, -0.15) is 0 Å². The Morgan fingerprint density at radius 2 is 1.86 bits per heavy atom. The first kappa shape index (κ1) is 15.0. The number of carboxylic acids is 1. The van der Waals surface area contributed by atoms with Crippen molar-refractivity contribution in [2.45, 2.75) is 0 Å². The Kier molecular flexibility index (Phi) is 4.23. The number of amides is 1. The normalized spacial score (nSPS) is 10.2. The van der Waals surface area contributed by atoms with Gasteiger partial charge in [-0.05, 0) is 46.3 Å². The minimum Gasteiger partial charge on any atom is -0.507 e. The summed E-state index contributed by atoms with van der Waals surface area (Å²) in [5.74, 6) is -2.87. The molecular weight excluding hydrogens is 345 g/mol. The molecule has 3 N–H and O–H groups in total. The second-order valence-corrected chi connectivity index (χ2v) is 4.97. The van der Waals surface area contributed by atoms with Gasteiger partial charge < -0.3 is 15.5 Å². The smallest absolute Gasteiger partial charge is 0.335 e. The highest BCUT2D eigenvalue weighted by Gasteiger charge is 2.14. The largest absolute Gasteiger partial charge is 0.507 e. The number of aromatic carboxylic acids is 1. The molecule has 0 aliphatic carbocycles. The highest BCUT2D eigenvalue weighted by molar-refractivity contribution is 9.10. The van der Waals surface area contributed by atoms with E-state index in [1.807, 2.05) is 0 Å². The van der Waals surface area contributed by atoms with Gasteiger partial charge in [-0.25, -0.2) is 9.18 Å². The van der Waals surface area contributed by atoms with Crippen molar-refractivity contribution in [3.8, 4) is 5.75 Å². The zero-order chi connectivity index (χ0) is 15.6. The molecule has 5 nitrogen and oxygen atoms in total. The molecule has 0 fully saturated rings. The number of halogens is 2. The van der Waals surface area contributed by atoms with E-state index >= 15 is 0 Å². The van der Waals surface area contributed by atoms with E-state index in [2.05, 4.69) is 21.2 Å².